The van der Waals surface area contributed by atoms with E-state index < -0.39 is 17.6 Å². The van der Waals surface area contributed by atoms with Crippen molar-refractivity contribution >= 4 is 44.9 Å². The Kier molecular flexibility index (Phi) is 6.43. The van der Waals surface area contributed by atoms with Crippen LogP contribution < -0.4 is 10.9 Å². The average molecular weight is 480 g/mol. The van der Waals surface area contributed by atoms with E-state index in [1.54, 1.807) is 6.08 Å². The number of carbonyl (C=O) groups excluding carboxylic acids is 1. The molecule has 32 heavy (non-hydrogen) atoms. The van der Waals surface area contributed by atoms with Crippen molar-refractivity contribution in [3.63, 3.8) is 0 Å². The maximum absolute atomic E-state index is 13.2. The maximum atomic E-state index is 13.2. The average Bonchev–Trinajstić information content (AvgIpc) is 3.13. The summed E-state index contributed by atoms with van der Waals surface area (Å²) in [6.07, 6.45) is 1.17. The second-order valence-electron chi connectivity index (χ2n) is 7.40. The minimum absolute atomic E-state index is 0.0405. The molecule has 0 radical (unpaired) electrons. The molecular weight excluding hydrogens is 459 g/mol. The van der Waals surface area contributed by atoms with Gasteiger partial charge >= 0.3 is 6.18 Å². The van der Waals surface area contributed by atoms with Crippen molar-refractivity contribution in [2.75, 3.05) is 11.1 Å². The van der Waals surface area contributed by atoms with Crippen molar-refractivity contribution in [1.29, 1.82) is 0 Å². The van der Waals surface area contributed by atoms with Crippen LogP contribution in [0.5, 0.6) is 0 Å². The number of aryl methyl sites for hydroxylation is 2. The molecule has 2 aromatic heterocycles. The SMILES string of the molecule is C=CCn1c(SCC(=O)Nc2ccc(C(F)(F)F)cc2)nc2sc3c(c2c1=O)CCCC3. The fourth-order valence-corrected chi connectivity index (χ4v) is 5.80. The summed E-state index contributed by atoms with van der Waals surface area (Å²) in [5.74, 6) is -0.444. The third-order valence-electron chi connectivity index (χ3n) is 5.18. The van der Waals surface area contributed by atoms with Gasteiger partial charge in [0.1, 0.15) is 4.83 Å². The van der Waals surface area contributed by atoms with E-state index in [2.05, 4.69) is 16.9 Å². The Hall–Kier alpha value is -2.59. The lowest BCUT2D eigenvalue weighted by molar-refractivity contribution is -0.137. The molecule has 1 aliphatic rings. The standard InChI is InChI=1S/C22H20F3N3O2S2/c1-2-11-28-20(30)18-15-5-3-4-6-16(15)32-19(18)27-21(28)31-12-17(29)26-14-9-7-13(8-10-14)22(23,24)25/h2,7-10H,1,3-6,11-12H2,(H,26,29). The molecule has 5 nitrogen and oxygen atoms in total. The van der Waals surface area contributed by atoms with Gasteiger partial charge in [0.2, 0.25) is 5.91 Å². The summed E-state index contributed by atoms with van der Waals surface area (Å²) in [6, 6.07) is 4.25. The number of benzene rings is 1. The molecule has 0 bridgehead atoms. The number of thioether (sulfide) groups is 1. The summed E-state index contributed by atoms with van der Waals surface area (Å²) in [6.45, 7) is 3.99. The molecule has 0 unspecified atom stereocenters. The van der Waals surface area contributed by atoms with Crippen LogP contribution in [0.3, 0.4) is 0 Å². The highest BCUT2D eigenvalue weighted by Crippen LogP contribution is 2.35. The lowest BCUT2D eigenvalue weighted by atomic mass is 9.97. The molecule has 0 saturated carbocycles. The van der Waals surface area contributed by atoms with Crippen molar-refractivity contribution in [2.24, 2.45) is 0 Å². The Morgan fingerprint density at radius 2 is 1.97 bits per heavy atom. The Labute approximate surface area is 190 Å². The number of halogens is 3. The number of rotatable bonds is 6. The quantitative estimate of drug-likeness (QED) is 0.297. The largest absolute Gasteiger partial charge is 0.416 e. The van der Waals surface area contributed by atoms with Crippen LogP contribution in [0.25, 0.3) is 10.2 Å². The number of fused-ring (bicyclic) bond motifs is 3. The third kappa shape index (κ3) is 4.61. The van der Waals surface area contributed by atoms with Crippen LogP contribution in [0.2, 0.25) is 0 Å². The van der Waals surface area contributed by atoms with Gasteiger partial charge in [0, 0.05) is 17.1 Å². The Morgan fingerprint density at radius 3 is 2.66 bits per heavy atom. The Bertz CT molecular complexity index is 1230. The number of hydrogen-bond acceptors (Lipinski definition) is 5. The van der Waals surface area contributed by atoms with Gasteiger partial charge in [0.05, 0.1) is 16.7 Å². The van der Waals surface area contributed by atoms with E-state index in [4.69, 9.17) is 0 Å². The Balaban J connectivity index is 1.53. The summed E-state index contributed by atoms with van der Waals surface area (Å²) in [5, 5.41) is 3.67. The number of nitrogens with zero attached hydrogens (tertiary/aromatic N) is 2. The van der Waals surface area contributed by atoms with Gasteiger partial charge < -0.3 is 5.32 Å². The van der Waals surface area contributed by atoms with Crippen LogP contribution in [0.1, 0.15) is 28.8 Å². The number of amides is 1. The van der Waals surface area contributed by atoms with Crippen LogP contribution in [0, 0.1) is 0 Å². The molecule has 10 heteroatoms. The van der Waals surface area contributed by atoms with Gasteiger partial charge in [0.25, 0.3) is 5.56 Å². The van der Waals surface area contributed by atoms with Gasteiger partial charge in [-0.3, -0.25) is 14.2 Å². The molecule has 0 aliphatic heterocycles. The van der Waals surface area contributed by atoms with E-state index in [-0.39, 0.29) is 23.5 Å². The van der Waals surface area contributed by atoms with Crippen LogP contribution in [0.15, 0.2) is 46.9 Å². The van der Waals surface area contributed by atoms with E-state index in [1.807, 2.05) is 0 Å². The number of nitrogens with one attached hydrogen (secondary N) is 1. The number of alkyl halides is 3. The molecule has 0 saturated heterocycles. The van der Waals surface area contributed by atoms with E-state index in [0.29, 0.717) is 15.4 Å². The molecule has 2 heterocycles. The monoisotopic (exact) mass is 479 g/mol. The molecule has 0 fully saturated rings. The first-order valence-electron chi connectivity index (χ1n) is 10.0. The second kappa shape index (κ2) is 9.11. The van der Waals surface area contributed by atoms with Gasteiger partial charge in [-0.15, -0.1) is 17.9 Å². The molecule has 1 aromatic carbocycles. The Morgan fingerprint density at radius 1 is 1.25 bits per heavy atom. The van der Waals surface area contributed by atoms with Crippen LogP contribution in [-0.2, 0) is 30.4 Å². The van der Waals surface area contributed by atoms with Gasteiger partial charge in [0.15, 0.2) is 5.16 Å². The number of allylic oxidation sites excluding steroid dienone is 1. The number of thiophene rings is 1. The summed E-state index contributed by atoms with van der Waals surface area (Å²) in [5.41, 5.74) is 0.457. The number of carbonyl (C=O) groups is 1. The molecular formula is C22H20F3N3O2S2. The van der Waals surface area contributed by atoms with Crippen molar-refractivity contribution in [3.05, 3.63) is 63.3 Å². The first-order chi connectivity index (χ1) is 15.3. The highest BCUT2D eigenvalue weighted by molar-refractivity contribution is 7.99. The van der Waals surface area contributed by atoms with E-state index in [1.165, 1.54) is 32.9 Å². The molecule has 0 spiro atoms. The van der Waals surface area contributed by atoms with Crippen LogP contribution in [-0.4, -0.2) is 21.2 Å². The summed E-state index contributed by atoms with van der Waals surface area (Å²) in [4.78, 5) is 32.1. The predicted molar refractivity (Wildman–Crippen MR) is 122 cm³/mol. The summed E-state index contributed by atoms with van der Waals surface area (Å²) in [7, 11) is 0. The zero-order valence-electron chi connectivity index (χ0n) is 17.0. The van der Waals surface area contributed by atoms with Crippen molar-refractivity contribution in [3.8, 4) is 0 Å². The molecule has 168 valence electrons. The lowest BCUT2D eigenvalue weighted by Crippen LogP contribution is -2.24. The fraction of sp³-hybridized carbons (Fsp3) is 0.318. The maximum Gasteiger partial charge on any atom is 0.416 e. The van der Waals surface area contributed by atoms with Crippen LogP contribution in [0.4, 0.5) is 18.9 Å². The summed E-state index contributed by atoms with van der Waals surface area (Å²) >= 11 is 2.65. The molecule has 4 rings (SSSR count). The highest BCUT2D eigenvalue weighted by Gasteiger charge is 2.30. The minimum atomic E-state index is -4.43. The van der Waals surface area contributed by atoms with Crippen LogP contribution >= 0.6 is 23.1 Å². The third-order valence-corrected chi connectivity index (χ3v) is 7.34. The predicted octanol–water partition coefficient (Wildman–Crippen LogP) is 5.27. The van der Waals surface area contributed by atoms with Crippen molar-refractivity contribution in [2.45, 2.75) is 43.6 Å². The second-order valence-corrected chi connectivity index (χ2v) is 9.43. The zero-order valence-corrected chi connectivity index (χ0v) is 18.6. The first kappa shape index (κ1) is 22.6. The minimum Gasteiger partial charge on any atom is -0.325 e. The molecule has 1 N–H and O–H groups in total. The highest BCUT2D eigenvalue weighted by atomic mass is 32.2. The van der Waals surface area contributed by atoms with Crippen molar-refractivity contribution < 1.29 is 18.0 Å². The topological polar surface area (TPSA) is 64.0 Å². The molecule has 1 aliphatic carbocycles. The summed E-state index contributed by atoms with van der Waals surface area (Å²) < 4.78 is 39.6. The molecule has 0 atom stereocenters. The van der Waals surface area contributed by atoms with Gasteiger partial charge in [-0.2, -0.15) is 13.2 Å². The van der Waals surface area contributed by atoms with Gasteiger partial charge in [-0.1, -0.05) is 17.8 Å². The van der Waals surface area contributed by atoms with Gasteiger partial charge in [-0.05, 0) is 55.5 Å². The number of hydrogen-bond donors (Lipinski definition) is 1. The first-order valence-corrected chi connectivity index (χ1v) is 11.8. The van der Waals surface area contributed by atoms with Gasteiger partial charge in [-0.25, -0.2) is 4.98 Å². The van der Waals surface area contributed by atoms with E-state index in [0.717, 1.165) is 55.1 Å². The van der Waals surface area contributed by atoms with Crippen molar-refractivity contribution in [1.82, 2.24) is 9.55 Å². The fourth-order valence-electron chi connectivity index (χ4n) is 3.69. The number of aromatic nitrogens is 2. The van der Waals surface area contributed by atoms with E-state index >= 15 is 0 Å². The normalized spacial score (nSPS) is 13.7. The smallest absolute Gasteiger partial charge is 0.325 e. The number of anilines is 1. The molecule has 1 amide bonds. The lowest BCUT2D eigenvalue weighted by Gasteiger charge is -2.12. The molecule has 3 aromatic rings. The van der Waals surface area contributed by atoms with E-state index in [9.17, 15) is 22.8 Å². The zero-order chi connectivity index (χ0) is 22.9.